The molecule has 3 heteroatoms. The molecular formula is C7H7N3. The van der Waals surface area contributed by atoms with Crippen LogP contribution in [-0.2, 0) is 0 Å². The van der Waals surface area contributed by atoms with Gasteiger partial charge in [0.25, 0.3) is 0 Å². The van der Waals surface area contributed by atoms with Crippen molar-refractivity contribution in [3.8, 4) is 0 Å². The number of hydrogen-bond donors (Lipinski definition) is 0. The summed E-state index contributed by atoms with van der Waals surface area (Å²) in [5.41, 5.74) is 2.09. The molecule has 2 aromatic heterocycles. The van der Waals surface area contributed by atoms with Gasteiger partial charge in [0.1, 0.15) is 0 Å². The second-order valence-corrected chi connectivity index (χ2v) is 2.22. The van der Waals surface area contributed by atoms with Crippen LogP contribution >= 0.6 is 0 Å². The summed E-state index contributed by atoms with van der Waals surface area (Å²) < 4.78 is 1.99. The molecule has 0 spiro atoms. The van der Waals surface area contributed by atoms with Gasteiger partial charge >= 0.3 is 0 Å². The molecule has 0 saturated heterocycles. The topological polar surface area (TPSA) is 30.2 Å². The Morgan fingerprint density at radius 2 is 2.30 bits per heavy atom. The van der Waals surface area contributed by atoms with Gasteiger partial charge in [-0.1, -0.05) is 0 Å². The maximum atomic E-state index is 3.92. The van der Waals surface area contributed by atoms with E-state index < -0.39 is 0 Å². The fraction of sp³-hybridized carbons (Fsp3) is 0.143. The van der Waals surface area contributed by atoms with Gasteiger partial charge in [0.05, 0.1) is 6.20 Å². The first-order valence-electron chi connectivity index (χ1n) is 3.13. The third-order valence-corrected chi connectivity index (χ3v) is 1.54. The molecule has 3 nitrogen and oxygen atoms in total. The monoisotopic (exact) mass is 133 g/mol. The summed E-state index contributed by atoms with van der Waals surface area (Å²) in [6.45, 7) is 2.04. The second kappa shape index (κ2) is 1.80. The van der Waals surface area contributed by atoms with Crippen molar-refractivity contribution in [1.29, 1.82) is 0 Å². The van der Waals surface area contributed by atoms with Crippen molar-refractivity contribution in [1.82, 2.24) is 14.6 Å². The summed E-state index contributed by atoms with van der Waals surface area (Å²) in [5.74, 6) is 0. The van der Waals surface area contributed by atoms with Crippen LogP contribution in [0, 0.1) is 6.92 Å². The summed E-state index contributed by atoms with van der Waals surface area (Å²) in [6.07, 6.45) is 3.58. The highest BCUT2D eigenvalue weighted by Gasteiger charge is 1.94. The minimum absolute atomic E-state index is 0.903. The van der Waals surface area contributed by atoms with Crippen molar-refractivity contribution in [3.05, 3.63) is 30.2 Å². The molecule has 0 N–H and O–H groups in total. The molecule has 2 aromatic rings. The van der Waals surface area contributed by atoms with Gasteiger partial charge in [0, 0.05) is 11.9 Å². The highest BCUT2D eigenvalue weighted by molar-refractivity contribution is 5.39. The predicted molar refractivity (Wildman–Crippen MR) is 37.7 cm³/mol. The van der Waals surface area contributed by atoms with Crippen molar-refractivity contribution in [2.24, 2.45) is 0 Å². The highest BCUT2D eigenvalue weighted by atomic mass is 15.2. The van der Waals surface area contributed by atoms with E-state index in [0.29, 0.717) is 0 Å². The molecule has 0 aliphatic carbocycles. The van der Waals surface area contributed by atoms with E-state index in [2.05, 4.69) is 10.2 Å². The van der Waals surface area contributed by atoms with Crippen molar-refractivity contribution in [2.75, 3.05) is 0 Å². The molecule has 0 radical (unpaired) electrons. The van der Waals surface area contributed by atoms with E-state index >= 15 is 0 Å². The van der Waals surface area contributed by atoms with Crippen LogP contribution in [0.5, 0.6) is 0 Å². The maximum Gasteiger partial charge on any atom is 0.159 e. The maximum absolute atomic E-state index is 3.92. The lowest BCUT2D eigenvalue weighted by molar-refractivity contribution is 0.963. The van der Waals surface area contributed by atoms with Crippen LogP contribution in [-0.4, -0.2) is 14.6 Å². The first kappa shape index (κ1) is 5.41. The van der Waals surface area contributed by atoms with Gasteiger partial charge in [0.15, 0.2) is 5.65 Å². The Labute approximate surface area is 58.3 Å². The van der Waals surface area contributed by atoms with Crippen LogP contribution in [0.2, 0.25) is 0 Å². The lowest BCUT2D eigenvalue weighted by Crippen LogP contribution is -1.89. The Kier molecular flexibility index (Phi) is 0.974. The molecule has 2 rings (SSSR count). The smallest absolute Gasteiger partial charge is 0.159 e. The van der Waals surface area contributed by atoms with E-state index in [1.807, 2.05) is 29.7 Å². The first-order chi connectivity index (χ1) is 4.88. The van der Waals surface area contributed by atoms with Crippen LogP contribution in [0.25, 0.3) is 5.65 Å². The summed E-state index contributed by atoms with van der Waals surface area (Å²) in [6, 6.07) is 3.96. The molecule has 0 atom stereocenters. The van der Waals surface area contributed by atoms with E-state index in [9.17, 15) is 0 Å². The number of aryl methyl sites for hydroxylation is 1. The van der Waals surface area contributed by atoms with Crippen LogP contribution in [0.4, 0.5) is 0 Å². The Bertz CT molecular complexity index is 350. The minimum Gasteiger partial charge on any atom is -0.303 e. The fourth-order valence-corrected chi connectivity index (χ4v) is 1.00. The molecule has 2 heterocycles. The zero-order valence-electron chi connectivity index (χ0n) is 5.65. The van der Waals surface area contributed by atoms with Gasteiger partial charge < -0.3 is 4.40 Å². The van der Waals surface area contributed by atoms with Gasteiger partial charge in [-0.2, -0.15) is 5.10 Å². The van der Waals surface area contributed by atoms with Crippen LogP contribution in [0.15, 0.2) is 24.5 Å². The first-order valence-corrected chi connectivity index (χ1v) is 3.13. The van der Waals surface area contributed by atoms with Gasteiger partial charge in [-0.25, -0.2) is 0 Å². The van der Waals surface area contributed by atoms with Crippen molar-refractivity contribution in [2.45, 2.75) is 6.92 Å². The van der Waals surface area contributed by atoms with Crippen LogP contribution in [0.1, 0.15) is 5.69 Å². The Balaban J connectivity index is 2.93. The predicted octanol–water partition coefficient (Wildman–Crippen LogP) is 1.04. The van der Waals surface area contributed by atoms with Gasteiger partial charge in [-0.3, -0.25) is 0 Å². The highest BCUT2D eigenvalue weighted by Crippen LogP contribution is 2.03. The molecule has 50 valence electrons. The van der Waals surface area contributed by atoms with Gasteiger partial charge in [-0.05, 0) is 19.1 Å². The van der Waals surface area contributed by atoms with Crippen molar-refractivity contribution in [3.63, 3.8) is 0 Å². The molecule has 0 bridgehead atoms. The molecule has 0 unspecified atom stereocenters. The lowest BCUT2D eigenvalue weighted by Gasteiger charge is -1.91. The van der Waals surface area contributed by atoms with Crippen molar-refractivity contribution < 1.29 is 0 Å². The molecule has 0 amide bonds. The Hall–Kier alpha value is -1.38. The van der Waals surface area contributed by atoms with Gasteiger partial charge in [0.2, 0.25) is 0 Å². The van der Waals surface area contributed by atoms with E-state index in [1.54, 1.807) is 6.20 Å². The van der Waals surface area contributed by atoms with Crippen LogP contribution in [0.3, 0.4) is 0 Å². The summed E-state index contributed by atoms with van der Waals surface area (Å²) in [7, 11) is 0. The number of nitrogens with zero attached hydrogens (tertiary/aromatic N) is 3. The summed E-state index contributed by atoms with van der Waals surface area (Å²) in [5, 5.41) is 7.67. The average molecular weight is 133 g/mol. The summed E-state index contributed by atoms with van der Waals surface area (Å²) >= 11 is 0. The Morgan fingerprint density at radius 3 is 3.10 bits per heavy atom. The second-order valence-electron chi connectivity index (χ2n) is 2.22. The van der Waals surface area contributed by atoms with E-state index in [4.69, 9.17) is 0 Å². The lowest BCUT2D eigenvalue weighted by atomic mass is 10.5. The number of aromatic nitrogens is 3. The third kappa shape index (κ3) is 0.603. The van der Waals surface area contributed by atoms with E-state index in [1.165, 1.54) is 5.69 Å². The van der Waals surface area contributed by atoms with Gasteiger partial charge in [-0.15, -0.1) is 5.10 Å². The minimum atomic E-state index is 0.903. The molecule has 0 aliphatic rings. The normalized spacial score (nSPS) is 10.5. The zero-order valence-corrected chi connectivity index (χ0v) is 5.65. The Morgan fingerprint density at radius 1 is 1.40 bits per heavy atom. The number of hydrogen-bond acceptors (Lipinski definition) is 2. The van der Waals surface area contributed by atoms with E-state index in [0.717, 1.165) is 5.65 Å². The number of fused-ring (bicyclic) bond motifs is 1. The molecule has 0 aliphatic heterocycles. The molecule has 0 saturated carbocycles. The average Bonchev–Trinajstić information content (AvgIpc) is 2.34. The van der Waals surface area contributed by atoms with Crippen LogP contribution < -0.4 is 0 Å². The standard InChI is InChI=1S/C7H7N3/c1-6-2-3-7-9-8-4-5-10(6)7/h2-5H,1H3. The number of rotatable bonds is 0. The SMILES string of the molecule is Cc1ccc2nnccn12. The largest absolute Gasteiger partial charge is 0.303 e. The third-order valence-electron chi connectivity index (χ3n) is 1.54. The molecular weight excluding hydrogens is 126 g/mol. The molecule has 10 heavy (non-hydrogen) atoms. The van der Waals surface area contributed by atoms with E-state index in [-0.39, 0.29) is 0 Å². The quantitative estimate of drug-likeness (QED) is 0.537. The summed E-state index contributed by atoms with van der Waals surface area (Å²) in [4.78, 5) is 0. The molecule has 0 aromatic carbocycles. The fourth-order valence-electron chi connectivity index (χ4n) is 1.00. The molecule has 0 fully saturated rings. The van der Waals surface area contributed by atoms with Crippen molar-refractivity contribution >= 4 is 5.65 Å². The zero-order chi connectivity index (χ0) is 6.97.